The summed E-state index contributed by atoms with van der Waals surface area (Å²) in [5, 5.41) is 5.71. The van der Waals surface area contributed by atoms with Gasteiger partial charge in [0.25, 0.3) is 11.8 Å². The molecule has 8 nitrogen and oxygen atoms in total. The number of pyridine rings is 1. The third-order valence-corrected chi connectivity index (χ3v) is 5.61. The first-order valence-electron chi connectivity index (χ1n) is 10.9. The number of rotatable bonds is 7. The predicted octanol–water partition coefficient (Wildman–Crippen LogP) is 4.73. The molecule has 8 heteroatoms. The molecule has 2 N–H and O–H groups in total. The zero-order valence-electron chi connectivity index (χ0n) is 19.5. The summed E-state index contributed by atoms with van der Waals surface area (Å²) in [6.45, 7) is 4.03. The van der Waals surface area contributed by atoms with Crippen LogP contribution in [0.25, 0.3) is 5.65 Å². The zero-order valence-corrected chi connectivity index (χ0v) is 19.5. The van der Waals surface area contributed by atoms with Crippen LogP contribution in [0.4, 0.5) is 11.4 Å². The molecule has 2 heterocycles. The Hall–Kier alpha value is -4.33. The van der Waals surface area contributed by atoms with Gasteiger partial charge in [-0.05, 0) is 37.6 Å². The molecule has 0 saturated carbocycles. The van der Waals surface area contributed by atoms with E-state index in [1.165, 1.54) is 14.2 Å². The molecule has 0 radical (unpaired) electrons. The first-order chi connectivity index (χ1) is 16.4. The minimum atomic E-state index is -0.311. The Bertz CT molecular complexity index is 1360. The maximum absolute atomic E-state index is 13.0. The molecule has 2 aromatic heterocycles. The fraction of sp³-hybridized carbons (Fsp3) is 0.192. The van der Waals surface area contributed by atoms with E-state index in [1.807, 2.05) is 30.4 Å². The number of nitrogens with zero attached hydrogens (tertiary/aromatic N) is 2. The maximum Gasteiger partial charge on any atom is 0.257 e. The minimum Gasteiger partial charge on any atom is -0.494 e. The molecule has 0 saturated heterocycles. The molecule has 174 valence electrons. The van der Waals surface area contributed by atoms with Crippen molar-refractivity contribution in [1.29, 1.82) is 0 Å². The van der Waals surface area contributed by atoms with Crippen LogP contribution in [0.5, 0.6) is 11.5 Å². The Morgan fingerprint density at radius 2 is 1.47 bits per heavy atom. The number of carbonyl (C=O) groups excluding carboxylic acids is 2. The van der Waals surface area contributed by atoms with Gasteiger partial charge in [-0.3, -0.25) is 9.59 Å². The molecule has 0 aliphatic carbocycles. The Labute approximate surface area is 197 Å². The lowest BCUT2D eigenvalue weighted by molar-refractivity contribution is 0.101. The third-order valence-electron chi connectivity index (χ3n) is 5.61. The van der Waals surface area contributed by atoms with Gasteiger partial charge in [-0.25, -0.2) is 4.98 Å². The van der Waals surface area contributed by atoms with Crippen molar-refractivity contribution in [3.63, 3.8) is 0 Å². The van der Waals surface area contributed by atoms with E-state index < -0.39 is 0 Å². The summed E-state index contributed by atoms with van der Waals surface area (Å²) in [4.78, 5) is 30.2. The van der Waals surface area contributed by atoms with Crippen LogP contribution in [0.1, 0.15) is 39.0 Å². The van der Waals surface area contributed by atoms with Gasteiger partial charge in [0.15, 0.2) is 0 Å². The highest BCUT2D eigenvalue weighted by atomic mass is 16.5. The number of aromatic nitrogens is 2. The van der Waals surface area contributed by atoms with Crippen LogP contribution in [-0.4, -0.2) is 35.4 Å². The van der Waals surface area contributed by atoms with E-state index in [1.54, 1.807) is 48.7 Å². The fourth-order valence-corrected chi connectivity index (χ4v) is 3.75. The van der Waals surface area contributed by atoms with Crippen molar-refractivity contribution in [2.45, 2.75) is 20.3 Å². The number of aryl methyl sites for hydroxylation is 2. The Balaban J connectivity index is 1.61. The van der Waals surface area contributed by atoms with E-state index >= 15 is 0 Å². The average Bonchev–Trinajstić information content (AvgIpc) is 3.19. The maximum atomic E-state index is 13.0. The number of hydrogen-bond donors (Lipinski definition) is 2. The first kappa shape index (κ1) is 22.8. The normalized spacial score (nSPS) is 10.7. The molecule has 4 aromatic rings. The number of methoxy groups -OCH3 is 2. The Kier molecular flexibility index (Phi) is 6.49. The quantitative estimate of drug-likeness (QED) is 0.418. The lowest BCUT2D eigenvalue weighted by atomic mass is 10.2. The molecule has 34 heavy (non-hydrogen) atoms. The summed E-state index contributed by atoms with van der Waals surface area (Å²) in [7, 11) is 2.99. The monoisotopic (exact) mass is 458 g/mol. The van der Waals surface area contributed by atoms with Crippen LogP contribution in [0.3, 0.4) is 0 Å². The van der Waals surface area contributed by atoms with Crippen LogP contribution in [0, 0.1) is 6.92 Å². The van der Waals surface area contributed by atoms with E-state index in [-0.39, 0.29) is 11.8 Å². The number of hydrogen-bond acceptors (Lipinski definition) is 5. The smallest absolute Gasteiger partial charge is 0.257 e. The molecular weight excluding hydrogens is 432 g/mol. The minimum absolute atomic E-state index is 0.284. The van der Waals surface area contributed by atoms with Gasteiger partial charge in [-0.15, -0.1) is 0 Å². The molecule has 0 atom stereocenters. The summed E-state index contributed by atoms with van der Waals surface area (Å²) >= 11 is 0. The van der Waals surface area contributed by atoms with E-state index in [9.17, 15) is 9.59 Å². The van der Waals surface area contributed by atoms with Crippen LogP contribution < -0.4 is 20.1 Å². The average molecular weight is 459 g/mol. The number of carbonyl (C=O) groups is 2. The van der Waals surface area contributed by atoms with Gasteiger partial charge in [0, 0.05) is 29.6 Å². The summed E-state index contributed by atoms with van der Waals surface area (Å²) < 4.78 is 12.9. The highest BCUT2D eigenvalue weighted by Gasteiger charge is 2.18. The summed E-state index contributed by atoms with van der Waals surface area (Å²) in [5.41, 5.74) is 4.62. The van der Waals surface area contributed by atoms with Crippen molar-refractivity contribution in [3.05, 3.63) is 83.3 Å². The summed E-state index contributed by atoms with van der Waals surface area (Å²) in [5.74, 6) is 0.169. The van der Waals surface area contributed by atoms with Crippen molar-refractivity contribution in [1.82, 2.24) is 9.38 Å². The van der Waals surface area contributed by atoms with Crippen molar-refractivity contribution in [2.24, 2.45) is 0 Å². The number of fused-ring (bicyclic) bond motifs is 1. The Morgan fingerprint density at radius 1 is 0.882 bits per heavy atom. The van der Waals surface area contributed by atoms with Gasteiger partial charge in [-0.1, -0.05) is 25.1 Å². The standard InChI is InChI=1S/C26H26N4O4/c1-5-19-16(2)30-15-18(11-12-24(30)27-19)26(32)29-21-14-22(33-3)20(13-23(21)34-4)28-25(31)17-9-7-6-8-10-17/h6-15H,5H2,1-4H3,(H,28,31)(H,29,32). The largest absolute Gasteiger partial charge is 0.494 e. The van der Waals surface area contributed by atoms with Gasteiger partial charge in [0.1, 0.15) is 17.1 Å². The predicted molar refractivity (Wildman–Crippen MR) is 131 cm³/mol. The second-order valence-corrected chi connectivity index (χ2v) is 7.67. The summed E-state index contributed by atoms with van der Waals surface area (Å²) in [6, 6.07) is 15.6. The lowest BCUT2D eigenvalue weighted by Gasteiger charge is -2.16. The van der Waals surface area contributed by atoms with Crippen molar-refractivity contribution < 1.29 is 19.1 Å². The lowest BCUT2D eigenvalue weighted by Crippen LogP contribution is -2.15. The topological polar surface area (TPSA) is 94.0 Å². The molecule has 0 spiro atoms. The summed E-state index contributed by atoms with van der Waals surface area (Å²) in [6.07, 6.45) is 2.59. The van der Waals surface area contributed by atoms with Crippen LogP contribution >= 0.6 is 0 Å². The van der Waals surface area contributed by atoms with E-state index in [0.29, 0.717) is 34.0 Å². The molecule has 2 amide bonds. The number of ether oxygens (including phenoxy) is 2. The van der Waals surface area contributed by atoms with Crippen LogP contribution in [0.15, 0.2) is 60.8 Å². The SMILES string of the molecule is CCc1nc2ccc(C(=O)Nc3cc(OC)c(NC(=O)c4ccccc4)cc3OC)cn2c1C. The van der Waals surface area contributed by atoms with Crippen molar-refractivity contribution >= 4 is 28.8 Å². The molecule has 2 aromatic carbocycles. The van der Waals surface area contributed by atoms with Crippen molar-refractivity contribution in [3.8, 4) is 11.5 Å². The third kappa shape index (κ3) is 4.43. The molecule has 0 aliphatic rings. The number of nitrogens with one attached hydrogen (secondary N) is 2. The van der Waals surface area contributed by atoms with Crippen LogP contribution in [-0.2, 0) is 6.42 Å². The fourth-order valence-electron chi connectivity index (χ4n) is 3.75. The highest BCUT2D eigenvalue weighted by molar-refractivity contribution is 6.07. The second kappa shape index (κ2) is 9.66. The van der Waals surface area contributed by atoms with E-state index in [0.717, 1.165) is 23.5 Å². The van der Waals surface area contributed by atoms with E-state index in [2.05, 4.69) is 15.6 Å². The highest BCUT2D eigenvalue weighted by Crippen LogP contribution is 2.37. The number of benzene rings is 2. The zero-order chi connectivity index (χ0) is 24.2. The first-order valence-corrected chi connectivity index (χ1v) is 10.9. The molecule has 4 rings (SSSR count). The van der Waals surface area contributed by atoms with Crippen molar-refractivity contribution in [2.75, 3.05) is 24.9 Å². The molecule has 0 aliphatic heterocycles. The molecule has 0 unspecified atom stereocenters. The molecular formula is C26H26N4O4. The second-order valence-electron chi connectivity index (χ2n) is 7.67. The van der Waals surface area contributed by atoms with Gasteiger partial charge in [0.2, 0.25) is 0 Å². The molecule has 0 fully saturated rings. The van der Waals surface area contributed by atoms with Gasteiger partial charge in [-0.2, -0.15) is 0 Å². The van der Waals surface area contributed by atoms with E-state index in [4.69, 9.17) is 9.47 Å². The van der Waals surface area contributed by atoms with Gasteiger partial charge >= 0.3 is 0 Å². The number of anilines is 2. The van der Waals surface area contributed by atoms with Crippen LogP contribution in [0.2, 0.25) is 0 Å². The molecule has 0 bridgehead atoms. The number of amides is 2. The van der Waals surface area contributed by atoms with Gasteiger partial charge in [0.05, 0.1) is 36.9 Å². The number of imidazole rings is 1. The van der Waals surface area contributed by atoms with Gasteiger partial charge < -0.3 is 24.5 Å². The Morgan fingerprint density at radius 3 is 2.03 bits per heavy atom.